The monoisotopic (exact) mass is 252 g/mol. The van der Waals surface area contributed by atoms with Crippen molar-refractivity contribution in [1.29, 1.82) is 0 Å². The Morgan fingerprint density at radius 2 is 1.94 bits per heavy atom. The Morgan fingerprint density at radius 1 is 1.12 bits per heavy atom. The number of para-hydroxylation sites is 1. The van der Waals surface area contributed by atoms with Crippen LogP contribution in [0.5, 0.6) is 0 Å². The Morgan fingerprint density at radius 3 is 2.69 bits per heavy atom. The number of nitrogens with one attached hydrogen (secondary N) is 1. The van der Waals surface area contributed by atoms with Gasteiger partial charge in [0.15, 0.2) is 0 Å². The first-order valence-electron chi connectivity index (χ1n) is 4.81. The molecule has 0 saturated heterocycles. The van der Waals surface area contributed by atoms with E-state index in [2.05, 4.69) is 10.3 Å². The minimum atomic E-state index is 0.464. The average molecular weight is 253 g/mol. The second kappa shape index (κ2) is 5.19. The Labute approximate surface area is 104 Å². The van der Waals surface area contributed by atoms with Gasteiger partial charge in [0, 0.05) is 24.0 Å². The summed E-state index contributed by atoms with van der Waals surface area (Å²) in [5.41, 5.74) is 2.83. The maximum Gasteiger partial charge on any atom is 0.0824 e. The number of benzene rings is 1. The van der Waals surface area contributed by atoms with Gasteiger partial charge in [0.05, 0.1) is 10.7 Å². The molecule has 16 heavy (non-hydrogen) atoms. The third-order valence-electron chi connectivity index (χ3n) is 2.20. The van der Waals surface area contributed by atoms with Gasteiger partial charge in [-0.2, -0.15) is 0 Å². The molecule has 1 aromatic heterocycles. The maximum absolute atomic E-state index is 6.01. The predicted octanol–water partition coefficient (Wildman–Crippen LogP) is 4.22. The van der Waals surface area contributed by atoms with E-state index in [-0.39, 0.29) is 0 Å². The highest BCUT2D eigenvalue weighted by atomic mass is 35.5. The van der Waals surface area contributed by atoms with E-state index in [1.54, 1.807) is 12.4 Å². The summed E-state index contributed by atoms with van der Waals surface area (Å²) >= 11 is 11.9. The van der Waals surface area contributed by atoms with Crippen molar-refractivity contribution in [2.24, 2.45) is 0 Å². The third-order valence-corrected chi connectivity index (χ3v) is 2.79. The van der Waals surface area contributed by atoms with Crippen LogP contribution in [0, 0.1) is 0 Å². The highest BCUT2D eigenvalue weighted by Crippen LogP contribution is 2.26. The van der Waals surface area contributed by atoms with Gasteiger partial charge < -0.3 is 5.32 Å². The second-order valence-electron chi connectivity index (χ2n) is 3.27. The summed E-state index contributed by atoms with van der Waals surface area (Å²) in [5, 5.41) is 3.83. The van der Waals surface area contributed by atoms with Gasteiger partial charge in [0.2, 0.25) is 0 Å². The number of alkyl halides is 1. The molecule has 2 aromatic rings. The third kappa shape index (κ3) is 2.46. The molecule has 1 aromatic carbocycles. The van der Waals surface area contributed by atoms with Crippen molar-refractivity contribution in [3.05, 3.63) is 53.3 Å². The number of hydrogen-bond donors (Lipinski definition) is 1. The molecule has 0 aliphatic rings. The molecule has 1 N–H and O–H groups in total. The average Bonchev–Trinajstić information content (AvgIpc) is 2.33. The summed E-state index contributed by atoms with van der Waals surface area (Å²) in [6, 6.07) is 9.68. The summed E-state index contributed by atoms with van der Waals surface area (Å²) in [6.45, 7) is 0. The fraction of sp³-hybridized carbons (Fsp3) is 0.0833. The second-order valence-corrected chi connectivity index (χ2v) is 3.95. The van der Waals surface area contributed by atoms with Crippen LogP contribution >= 0.6 is 23.2 Å². The van der Waals surface area contributed by atoms with E-state index in [0.717, 1.165) is 16.9 Å². The summed E-state index contributed by atoms with van der Waals surface area (Å²) in [6.07, 6.45) is 3.30. The normalized spacial score (nSPS) is 10.1. The molecular weight excluding hydrogens is 243 g/mol. The van der Waals surface area contributed by atoms with E-state index in [4.69, 9.17) is 23.2 Å². The highest BCUT2D eigenvalue weighted by molar-refractivity contribution is 6.33. The molecule has 0 fully saturated rings. The van der Waals surface area contributed by atoms with Crippen LogP contribution in [-0.4, -0.2) is 4.98 Å². The van der Waals surface area contributed by atoms with E-state index in [9.17, 15) is 0 Å². The van der Waals surface area contributed by atoms with Crippen LogP contribution in [0.2, 0.25) is 5.02 Å². The van der Waals surface area contributed by atoms with Gasteiger partial charge in [-0.05, 0) is 17.7 Å². The molecular formula is C12H10Cl2N2. The van der Waals surface area contributed by atoms with E-state index < -0.39 is 0 Å². The number of aromatic nitrogens is 1. The van der Waals surface area contributed by atoms with Crippen molar-refractivity contribution >= 4 is 34.6 Å². The van der Waals surface area contributed by atoms with E-state index in [0.29, 0.717) is 10.9 Å². The van der Waals surface area contributed by atoms with Gasteiger partial charge in [-0.25, -0.2) is 0 Å². The molecule has 2 nitrogen and oxygen atoms in total. The minimum absolute atomic E-state index is 0.464. The first kappa shape index (κ1) is 11.2. The van der Waals surface area contributed by atoms with Crippen LogP contribution < -0.4 is 5.32 Å². The van der Waals surface area contributed by atoms with Crippen LogP contribution in [0.4, 0.5) is 11.4 Å². The fourth-order valence-corrected chi connectivity index (χ4v) is 1.78. The molecule has 1 heterocycles. The Bertz CT molecular complexity index is 486. The van der Waals surface area contributed by atoms with Gasteiger partial charge in [0.25, 0.3) is 0 Å². The van der Waals surface area contributed by atoms with Crippen molar-refractivity contribution in [2.45, 2.75) is 5.88 Å². The van der Waals surface area contributed by atoms with Gasteiger partial charge in [-0.3, -0.25) is 4.98 Å². The SMILES string of the molecule is ClCc1ccccc1Nc1ccncc1Cl. The first-order valence-corrected chi connectivity index (χ1v) is 5.73. The van der Waals surface area contributed by atoms with Crippen molar-refractivity contribution in [2.75, 3.05) is 5.32 Å². The summed E-state index contributed by atoms with van der Waals surface area (Å²) in [4.78, 5) is 3.93. The van der Waals surface area contributed by atoms with Gasteiger partial charge in [0.1, 0.15) is 0 Å². The van der Waals surface area contributed by atoms with Crippen molar-refractivity contribution in [3.63, 3.8) is 0 Å². The standard InChI is InChI=1S/C12H10Cl2N2/c13-7-9-3-1-2-4-11(9)16-12-5-6-15-8-10(12)14/h1-6,8H,7H2,(H,15,16). The predicted molar refractivity (Wildman–Crippen MR) is 68.5 cm³/mol. The van der Waals surface area contributed by atoms with Crippen LogP contribution in [0.25, 0.3) is 0 Å². The van der Waals surface area contributed by atoms with Crippen molar-refractivity contribution in [3.8, 4) is 0 Å². The zero-order valence-corrected chi connectivity index (χ0v) is 9.96. The molecule has 4 heteroatoms. The molecule has 0 atom stereocenters. The zero-order valence-electron chi connectivity index (χ0n) is 8.45. The number of pyridine rings is 1. The maximum atomic E-state index is 6.01. The molecule has 0 saturated carbocycles. The van der Waals surface area contributed by atoms with Crippen LogP contribution in [0.15, 0.2) is 42.7 Å². The lowest BCUT2D eigenvalue weighted by atomic mass is 10.2. The molecule has 0 amide bonds. The number of hydrogen-bond acceptors (Lipinski definition) is 2. The van der Waals surface area contributed by atoms with Crippen molar-refractivity contribution < 1.29 is 0 Å². The minimum Gasteiger partial charge on any atom is -0.354 e. The van der Waals surface area contributed by atoms with E-state index in [1.807, 2.05) is 30.3 Å². The summed E-state index contributed by atoms with van der Waals surface area (Å²) in [7, 11) is 0. The quantitative estimate of drug-likeness (QED) is 0.828. The van der Waals surface area contributed by atoms with Crippen LogP contribution in [0.1, 0.15) is 5.56 Å². The molecule has 0 unspecified atom stereocenters. The lowest BCUT2D eigenvalue weighted by Gasteiger charge is -2.10. The molecule has 2 rings (SSSR count). The highest BCUT2D eigenvalue weighted by Gasteiger charge is 2.03. The summed E-state index contributed by atoms with van der Waals surface area (Å²) < 4.78 is 0. The van der Waals surface area contributed by atoms with E-state index >= 15 is 0 Å². The van der Waals surface area contributed by atoms with Crippen molar-refractivity contribution in [1.82, 2.24) is 4.98 Å². The molecule has 0 radical (unpaired) electrons. The Hall–Kier alpha value is -1.25. The van der Waals surface area contributed by atoms with E-state index in [1.165, 1.54) is 0 Å². The number of anilines is 2. The molecule has 0 aliphatic heterocycles. The lowest BCUT2D eigenvalue weighted by molar-refractivity contribution is 1.31. The first-order chi connectivity index (χ1) is 7.81. The lowest BCUT2D eigenvalue weighted by Crippen LogP contribution is -1.95. The zero-order chi connectivity index (χ0) is 11.4. The van der Waals surface area contributed by atoms with Gasteiger partial charge in [-0.15, -0.1) is 11.6 Å². The van der Waals surface area contributed by atoms with Crippen LogP contribution in [-0.2, 0) is 5.88 Å². The molecule has 0 aliphatic carbocycles. The Kier molecular flexibility index (Phi) is 3.65. The number of halogens is 2. The smallest absolute Gasteiger partial charge is 0.0824 e. The van der Waals surface area contributed by atoms with Gasteiger partial charge in [-0.1, -0.05) is 29.8 Å². The number of rotatable bonds is 3. The van der Waals surface area contributed by atoms with Gasteiger partial charge >= 0.3 is 0 Å². The molecule has 82 valence electrons. The fourth-order valence-electron chi connectivity index (χ4n) is 1.38. The molecule has 0 bridgehead atoms. The topological polar surface area (TPSA) is 24.9 Å². The number of nitrogens with zero attached hydrogens (tertiary/aromatic N) is 1. The van der Waals surface area contributed by atoms with Crippen LogP contribution in [0.3, 0.4) is 0 Å². The molecule has 0 spiro atoms. The summed E-state index contributed by atoms with van der Waals surface area (Å²) in [5.74, 6) is 0.464. The Balaban J connectivity index is 2.30. The largest absolute Gasteiger partial charge is 0.354 e.